The lowest BCUT2D eigenvalue weighted by Gasteiger charge is -2.04. The number of fused-ring (bicyclic) bond motifs is 2. The van der Waals surface area contributed by atoms with Crippen LogP contribution in [0.25, 0.3) is 21.8 Å². The monoisotopic (exact) mass is 222 g/mol. The van der Waals surface area contributed by atoms with Crippen LogP contribution in [-0.2, 0) is 0 Å². The minimum Gasteiger partial charge on any atom is -0.366 e. The molecule has 17 heavy (non-hydrogen) atoms. The Hall–Kier alpha value is -2.42. The lowest BCUT2D eigenvalue weighted by molar-refractivity contribution is 0.100. The number of benzene rings is 2. The van der Waals surface area contributed by atoms with Crippen molar-refractivity contribution < 1.29 is 4.79 Å². The van der Waals surface area contributed by atoms with Crippen molar-refractivity contribution in [1.82, 2.24) is 4.98 Å². The number of carbonyl (C=O) groups is 1. The second kappa shape index (κ2) is 3.56. The van der Waals surface area contributed by atoms with E-state index in [1.165, 1.54) is 0 Å². The molecule has 1 amide bonds. The molecular weight excluding hydrogens is 212 g/mol. The van der Waals surface area contributed by atoms with Gasteiger partial charge in [0.05, 0.1) is 16.6 Å². The molecule has 3 heteroatoms. The van der Waals surface area contributed by atoms with Crippen LogP contribution >= 0.6 is 0 Å². The van der Waals surface area contributed by atoms with E-state index in [2.05, 4.69) is 4.98 Å². The van der Waals surface area contributed by atoms with E-state index >= 15 is 0 Å². The van der Waals surface area contributed by atoms with Gasteiger partial charge < -0.3 is 5.73 Å². The lowest BCUT2D eigenvalue weighted by Crippen LogP contribution is -2.11. The predicted octanol–water partition coefficient (Wildman–Crippen LogP) is 2.49. The highest BCUT2D eigenvalue weighted by Gasteiger charge is 2.08. The topological polar surface area (TPSA) is 56.0 Å². The highest BCUT2D eigenvalue weighted by atomic mass is 16.1. The van der Waals surface area contributed by atoms with Gasteiger partial charge in [0.2, 0.25) is 0 Å². The van der Waals surface area contributed by atoms with Gasteiger partial charge in [0.15, 0.2) is 0 Å². The summed E-state index contributed by atoms with van der Waals surface area (Å²) in [5, 5.41) is 1.99. The summed E-state index contributed by atoms with van der Waals surface area (Å²) in [6.07, 6.45) is 0. The van der Waals surface area contributed by atoms with Gasteiger partial charge in [0.25, 0.3) is 5.91 Å². The number of nitrogens with two attached hydrogens (primary N) is 1. The third-order valence-electron chi connectivity index (χ3n) is 2.81. The smallest absolute Gasteiger partial charge is 0.250 e. The van der Waals surface area contributed by atoms with Gasteiger partial charge in [0, 0.05) is 10.8 Å². The number of amides is 1. The Balaban J connectivity index is 2.47. The molecule has 0 aliphatic rings. The molecule has 0 aliphatic carbocycles. The molecule has 0 unspecified atom stereocenters. The number of para-hydroxylation sites is 2. The van der Waals surface area contributed by atoms with Crippen molar-refractivity contribution in [1.29, 1.82) is 0 Å². The van der Waals surface area contributed by atoms with Crippen molar-refractivity contribution in [3.63, 3.8) is 0 Å². The quantitative estimate of drug-likeness (QED) is 0.643. The van der Waals surface area contributed by atoms with Crippen molar-refractivity contribution in [2.45, 2.75) is 0 Å². The molecule has 0 bridgehead atoms. The minimum atomic E-state index is -0.446. The van der Waals surface area contributed by atoms with Gasteiger partial charge in [-0.1, -0.05) is 30.3 Å². The van der Waals surface area contributed by atoms with Crippen LogP contribution in [0.5, 0.6) is 0 Å². The zero-order chi connectivity index (χ0) is 11.8. The molecule has 3 aromatic rings. The Labute approximate surface area is 97.9 Å². The third-order valence-corrected chi connectivity index (χ3v) is 2.81. The number of rotatable bonds is 1. The second-order valence-electron chi connectivity index (χ2n) is 3.92. The molecule has 1 aromatic heterocycles. The van der Waals surface area contributed by atoms with Gasteiger partial charge in [0.1, 0.15) is 0 Å². The van der Waals surface area contributed by atoms with Crippen molar-refractivity contribution in [3.8, 4) is 0 Å². The Bertz CT molecular complexity index is 734. The van der Waals surface area contributed by atoms with Crippen LogP contribution in [0.2, 0.25) is 0 Å². The van der Waals surface area contributed by atoms with Crippen LogP contribution < -0.4 is 5.73 Å². The standard InChI is InChI=1S/C14H10N2O/c15-14(17)11-6-3-5-10-8-9-4-1-2-7-12(9)16-13(10)11/h1-8H,(H2,15,17). The third kappa shape index (κ3) is 1.52. The summed E-state index contributed by atoms with van der Waals surface area (Å²) in [6, 6.07) is 15.3. The summed E-state index contributed by atoms with van der Waals surface area (Å²) in [6.45, 7) is 0. The summed E-state index contributed by atoms with van der Waals surface area (Å²) < 4.78 is 0. The highest BCUT2D eigenvalue weighted by Crippen LogP contribution is 2.21. The van der Waals surface area contributed by atoms with E-state index in [1.807, 2.05) is 42.5 Å². The van der Waals surface area contributed by atoms with Gasteiger partial charge in [-0.2, -0.15) is 0 Å². The fourth-order valence-corrected chi connectivity index (χ4v) is 2.00. The van der Waals surface area contributed by atoms with E-state index in [-0.39, 0.29) is 0 Å². The van der Waals surface area contributed by atoms with E-state index in [0.717, 1.165) is 16.3 Å². The summed E-state index contributed by atoms with van der Waals surface area (Å²) >= 11 is 0. The van der Waals surface area contributed by atoms with Crippen molar-refractivity contribution in [3.05, 3.63) is 54.1 Å². The van der Waals surface area contributed by atoms with Crippen LogP contribution in [-0.4, -0.2) is 10.9 Å². The van der Waals surface area contributed by atoms with Gasteiger partial charge in [-0.3, -0.25) is 4.79 Å². The summed E-state index contributed by atoms with van der Waals surface area (Å²) in [5.41, 5.74) is 7.35. The van der Waals surface area contributed by atoms with E-state index in [0.29, 0.717) is 11.1 Å². The van der Waals surface area contributed by atoms with E-state index in [4.69, 9.17) is 5.73 Å². The Morgan fingerprint density at radius 1 is 1.00 bits per heavy atom. The first-order valence-corrected chi connectivity index (χ1v) is 5.34. The Morgan fingerprint density at radius 3 is 2.59 bits per heavy atom. The largest absolute Gasteiger partial charge is 0.366 e. The van der Waals surface area contributed by atoms with Gasteiger partial charge in [-0.15, -0.1) is 0 Å². The zero-order valence-corrected chi connectivity index (χ0v) is 9.05. The number of hydrogen-bond acceptors (Lipinski definition) is 2. The average molecular weight is 222 g/mol. The SMILES string of the molecule is NC(=O)c1cccc2cc3ccccc3nc12. The Kier molecular flexibility index (Phi) is 2.05. The lowest BCUT2D eigenvalue weighted by atomic mass is 10.1. The van der Waals surface area contributed by atoms with Crippen LogP contribution in [0.15, 0.2) is 48.5 Å². The number of carbonyl (C=O) groups excluding carboxylic acids is 1. The molecule has 3 rings (SSSR count). The predicted molar refractivity (Wildman–Crippen MR) is 67.8 cm³/mol. The highest BCUT2D eigenvalue weighted by molar-refractivity contribution is 6.07. The maximum atomic E-state index is 11.3. The number of hydrogen-bond donors (Lipinski definition) is 1. The fourth-order valence-electron chi connectivity index (χ4n) is 2.00. The van der Waals surface area contributed by atoms with Gasteiger partial charge in [-0.25, -0.2) is 4.98 Å². The first-order valence-electron chi connectivity index (χ1n) is 5.34. The van der Waals surface area contributed by atoms with Gasteiger partial charge in [-0.05, 0) is 18.2 Å². The van der Waals surface area contributed by atoms with Crippen LogP contribution in [0.4, 0.5) is 0 Å². The number of nitrogens with zero attached hydrogens (tertiary/aromatic N) is 1. The fraction of sp³-hybridized carbons (Fsp3) is 0. The maximum absolute atomic E-state index is 11.3. The van der Waals surface area contributed by atoms with E-state index in [9.17, 15) is 4.79 Å². The normalized spacial score (nSPS) is 10.8. The molecule has 1 heterocycles. The molecule has 2 aromatic carbocycles. The molecule has 0 spiro atoms. The molecule has 0 atom stereocenters. The molecule has 82 valence electrons. The minimum absolute atomic E-state index is 0.446. The molecule has 0 fully saturated rings. The van der Waals surface area contributed by atoms with E-state index in [1.54, 1.807) is 6.07 Å². The molecule has 0 radical (unpaired) electrons. The van der Waals surface area contributed by atoms with Crippen molar-refractivity contribution in [2.75, 3.05) is 0 Å². The second-order valence-corrected chi connectivity index (χ2v) is 3.92. The van der Waals surface area contributed by atoms with Crippen molar-refractivity contribution in [2.24, 2.45) is 5.73 Å². The van der Waals surface area contributed by atoms with E-state index < -0.39 is 5.91 Å². The average Bonchev–Trinajstić information content (AvgIpc) is 2.35. The van der Waals surface area contributed by atoms with Crippen LogP contribution in [0, 0.1) is 0 Å². The zero-order valence-electron chi connectivity index (χ0n) is 9.05. The number of primary amides is 1. The molecule has 3 nitrogen and oxygen atoms in total. The molecule has 0 saturated carbocycles. The first-order chi connectivity index (χ1) is 8.25. The van der Waals surface area contributed by atoms with Gasteiger partial charge >= 0.3 is 0 Å². The number of pyridine rings is 1. The van der Waals surface area contributed by atoms with Crippen LogP contribution in [0.1, 0.15) is 10.4 Å². The van der Waals surface area contributed by atoms with Crippen molar-refractivity contribution >= 4 is 27.7 Å². The molecule has 0 saturated heterocycles. The maximum Gasteiger partial charge on any atom is 0.250 e. The number of aromatic nitrogens is 1. The molecule has 2 N–H and O–H groups in total. The molecular formula is C14H10N2O. The summed E-state index contributed by atoms with van der Waals surface area (Å²) in [7, 11) is 0. The molecule has 0 aliphatic heterocycles. The Morgan fingerprint density at radius 2 is 1.76 bits per heavy atom. The summed E-state index contributed by atoms with van der Waals surface area (Å²) in [4.78, 5) is 15.8. The first kappa shape index (κ1) is 9.78. The summed E-state index contributed by atoms with van der Waals surface area (Å²) in [5.74, 6) is -0.446. The van der Waals surface area contributed by atoms with Crippen LogP contribution in [0.3, 0.4) is 0 Å².